The lowest BCUT2D eigenvalue weighted by Crippen LogP contribution is -2.37. The number of nitrogens with one attached hydrogen (secondary N) is 1. The molecule has 0 aliphatic rings. The Morgan fingerprint density at radius 3 is 2.00 bits per heavy atom. The maximum absolute atomic E-state index is 12.6. The summed E-state index contributed by atoms with van der Waals surface area (Å²) in [6, 6.07) is 7.34. The van der Waals surface area contributed by atoms with Gasteiger partial charge in [-0.1, -0.05) is 32.9 Å². The number of hydrogen-bond acceptors (Lipinski definition) is 3. The molecule has 0 heterocycles. The molecule has 0 spiro atoms. The minimum atomic E-state index is -1.17. The first-order valence-corrected chi connectivity index (χ1v) is 9.93. The molecular formula is C20H33NO3S. The molecule has 1 aromatic rings. The van der Waals surface area contributed by atoms with Crippen LogP contribution in [0.15, 0.2) is 24.3 Å². The molecule has 0 aromatic heterocycles. The van der Waals surface area contributed by atoms with Crippen molar-refractivity contribution < 1.29 is 13.7 Å². The van der Waals surface area contributed by atoms with Crippen LogP contribution in [0.3, 0.4) is 0 Å². The molecule has 1 rings (SSSR count). The van der Waals surface area contributed by atoms with E-state index in [0.29, 0.717) is 5.56 Å². The fourth-order valence-electron chi connectivity index (χ4n) is 2.28. The van der Waals surface area contributed by atoms with Crippen molar-refractivity contribution in [3.05, 3.63) is 35.4 Å². The molecule has 142 valence electrons. The lowest BCUT2D eigenvalue weighted by molar-refractivity contribution is 0.0378. The molecule has 0 aliphatic carbocycles. The Morgan fingerprint density at radius 2 is 1.60 bits per heavy atom. The zero-order chi connectivity index (χ0) is 19.4. The van der Waals surface area contributed by atoms with E-state index in [4.69, 9.17) is 4.74 Å². The minimum Gasteiger partial charge on any atom is -0.459 e. The van der Waals surface area contributed by atoms with Gasteiger partial charge in [0.1, 0.15) is 0 Å². The predicted molar refractivity (Wildman–Crippen MR) is 105 cm³/mol. The van der Waals surface area contributed by atoms with Crippen molar-refractivity contribution in [1.82, 2.24) is 4.72 Å². The van der Waals surface area contributed by atoms with Crippen LogP contribution in [-0.2, 0) is 15.7 Å². The average Bonchev–Trinajstić information content (AvgIpc) is 2.43. The van der Waals surface area contributed by atoms with Crippen LogP contribution in [0.5, 0.6) is 0 Å². The summed E-state index contributed by atoms with van der Waals surface area (Å²) in [7, 11) is -1.17. The molecule has 2 atom stereocenters. The first-order chi connectivity index (χ1) is 11.3. The Bertz CT molecular complexity index is 595. The van der Waals surface area contributed by atoms with Gasteiger partial charge in [-0.2, -0.15) is 0 Å². The number of hydrogen-bond donors (Lipinski definition) is 1. The number of carbonyl (C=O) groups is 1. The summed E-state index contributed by atoms with van der Waals surface area (Å²) >= 11 is 0. The Kier molecular flexibility index (Phi) is 7.39. The third kappa shape index (κ3) is 7.70. The molecule has 0 saturated carbocycles. The molecule has 0 amide bonds. The molecule has 0 bridgehead atoms. The standard InChI is InChI=1S/C20H33NO3S/c1-14(2)24-18(22)16-11-9-15(10-12-16)17(13-19(3,4)5)21-25(23)20(6,7)8/h9-12,14,17,21H,13H2,1-8H3/t17-,25?/m0/s1. The van der Waals surface area contributed by atoms with E-state index in [1.165, 1.54) is 0 Å². The zero-order valence-electron chi connectivity index (χ0n) is 16.8. The Morgan fingerprint density at radius 1 is 1.08 bits per heavy atom. The number of esters is 1. The highest BCUT2D eigenvalue weighted by atomic mass is 32.2. The van der Waals surface area contributed by atoms with Gasteiger partial charge in [0, 0.05) is 6.04 Å². The number of ether oxygens (including phenoxy) is 1. The Labute approximate surface area is 155 Å². The van der Waals surface area contributed by atoms with Crippen LogP contribution in [0, 0.1) is 5.41 Å². The molecule has 1 N–H and O–H groups in total. The molecule has 0 radical (unpaired) electrons. The fourth-order valence-corrected chi connectivity index (χ4v) is 3.11. The van der Waals surface area contributed by atoms with E-state index in [1.807, 2.05) is 46.8 Å². The van der Waals surface area contributed by atoms with Crippen molar-refractivity contribution in [2.75, 3.05) is 0 Å². The summed E-state index contributed by atoms with van der Waals surface area (Å²) in [5.74, 6) is -0.319. The summed E-state index contributed by atoms with van der Waals surface area (Å²) in [4.78, 5) is 12.0. The second-order valence-electron chi connectivity index (χ2n) is 8.89. The van der Waals surface area contributed by atoms with Crippen LogP contribution >= 0.6 is 0 Å². The third-order valence-corrected chi connectivity index (χ3v) is 5.12. The van der Waals surface area contributed by atoms with Gasteiger partial charge < -0.3 is 4.74 Å². The van der Waals surface area contributed by atoms with E-state index in [9.17, 15) is 9.00 Å². The number of rotatable bonds is 6. The maximum atomic E-state index is 12.6. The summed E-state index contributed by atoms with van der Waals surface area (Å²) in [6.07, 6.45) is 0.696. The molecular weight excluding hydrogens is 334 g/mol. The second-order valence-corrected chi connectivity index (χ2v) is 10.9. The topological polar surface area (TPSA) is 55.4 Å². The smallest absolute Gasteiger partial charge is 0.338 e. The second kappa shape index (κ2) is 8.45. The van der Waals surface area contributed by atoms with Crippen LogP contribution in [0.25, 0.3) is 0 Å². The van der Waals surface area contributed by atoms with Gasteiger partial charge in [-0.25, -0.2) is 13.7 Å². The van der Waals surface area contributed by atoms with E-state index in [-0.39, 0.29) is 28.3 Å². The first-order valence-electron chi connectivity index (χ1n) is 8.78. The van der Waals surface area contributed by atoms with Crippen LogP contribution in [0.2, 0.25) is 0 Å². The highest BCUT2D eigenvalue weighted by Crippen LogP contribution is 2.31. The van der Waals surface area contributed by atoms with E-state index in [0.717, 1.165) is 12.0 Å². The van der Waals surface area contributed by atoms with Crippen LogP contribution in [0.4, 0.5) is 0 Å². The minimum absolute atomic E-state index is 0.0461. The molecule has 1 aromatic carbocycles. The average molecular weight is 368 g/mol. The van der Waals surface area contributed by atoms with Gasteiger partial charge in [0.2, 0.25) is 0 Å². The van der Waals surface area contributed by atoms with Crippen LogP contribution in [-0.4, -0.2) is 21.0 Å². The predicted octanol–water partition coefficient (Wildman–Crippen LogP) is 4.78. The maximum Gasteiger partial charge on any atom is 0.338 e. The van der Waals surface area contributed by atoms with Crippen molar-refractivity contribution in [3.8, 4) is 0 Å². The van der Waals surface area contributed by atoms with E-state index >= 15 is 0 Å². The van der Waals surface area contributed by atoms with Gasteiger partial charge in [0.25, 0.3) is 0 Å². The summed E-state index contributed by atoms with van der Waals surface area (Å²) < 4.78 is 20.7. The fraction of sp³-hybridized carbons (Fsp3) is 0.650. The summed E-state index contributed by atoms with van der Waals surface area (Å²) in [6.45, 7) is 16.0. The highest BCUT2D eigenvalue weighted by molar-refractivity contribution is 7.84. The van der Waals surface area contributed by atoms with Gasteiger partial charge in [0.15, 0.2) is 0 Å². The van der Waals surface area contributed by atoms with E-state index in [2.05, 4.69) is 25.5 Å². The summed E-state index contributed by atoms with van der Waals surface area (Å²) in [5, 5.41) is 0. The third-order valence-electron chi connectivity index (χ3n) is 3.51. The quantitative estimate of drug-likeness (QED) is 0.736. The molecule has 1 unspecified atom stereocenters. The molecule has 25 heavy (non-hydrogen) atoms. The largest absolute Gasteiger partial charge is 0.459 e. The Balaban J connectivity index is 3.02. The van der Waals surface area contributed by atoms with Crippen molar-refractivity contribution in [2.24, 2.45) is 5.41 Å². The lowest BCUT2D eigenvalue weighted by atomic mass is 9.86. The highest BCUT2D eigenvalue weighted by Gasteiger charge is 2.27. The molecule has 4 nitrogen and oxygen atoms in total. The Hall–Kier alpha value is -1.20. The number of benzene rings is 1. The molecule has 0 fully saturated rings. The SMILES string of the molecule is CC(C)OC(=O)c1ccc([C@H](CC(C)(C)C)NS(=O)C(C)(C)C)cc1. The monoisotopic (exact) mass is 367 g/mol. The van der Waals surface area contributed by atoms with Crippen molar-refractivity contribution >= 4 is 17.0 Å². The van der Waals surface area contributed by atoms with E-state index < -0.39 is 11.0 Å². The zero-order valence-corrected chi connectivity index (χ0v) is 17.6. The van der Waals surface area contributed by atoms with Crippen molar-refractivity contribution in [2.45, 2.75) is 78.7 Å². The lowest BCUT2D eigenvalue weighted by Gasteiger charge is -2.29. The first kappa shape index (κ1) is 21.8. The van der Waals surface area contributed by atoms with Crippen LogP contribution in [0.1, 0.15) is 83.8 Å². The van der Waals surface area contributed by atoms with Gasteiger partial charge >= 0.3 is 5.97 Å². The summed E-state index contributed by atoms with van der Waals surface area (Å²) in [5.41, 5.74) is 1.63. The van der Waals surface area contributed by atoms with E-state index in [1.54, 1.807) is 12.1 Å². The normalized spacial score (nSPS) is 15.1. The molecule has 0 saturated heterocycles. The van der Waals surface area contributed by atoms with Gasteiger partial charge in [-0.15, -0.1) is 0 Å². The molecule has 0 aliphatic heterocycles. The van der Waals surface area contributed by atoms with Gasteiger partial charge in [0.05, 0.1) is 27.4 Å². The van der Waals surface area contributed by atoms with Gasteiger partial charge in [-0.3, -0.25) is 0 Å². The van der Waals surface area contributed by atoms with Crippen molar-refractivity contribution in [1.29, 1.82) is 0 Å². The number of carbonyl (C=O) groups excluding carboxylic acids is 1. The van der Waals surface area contributed by atoms with Crippen LogP contribution < -0.4 is 4.72 Å². The molecule has 5 heteroatoms. The van der Waals surface area contributed by atoms with Crippen molar-refractivity contribution in [3.63, 3.8) is 0 Å². The van der Waals surface area contributed by atoms with Gasteiger partial charge in [-0.05, 0) is 64.2 Å².